The molecule has 0 aliphatic rings. The Kier molecular flexibility index (Phi) is 5.70. The molecule has 0 saturated heterocycles. The zero-order valence-corrected chi connectivity index (χ0v) is 16.7. The van der Waals surface area contributed by atoms with Crippen LogP contribution < -0.4 is 15.6 Å². The second-order valence-corrected chi connectivity index (χ2v) is 7.36. The molecular formula is C20H23FN4OS. The van der Waals surface area contributed by atoms with Crippen LogP contribution in [0.4, 0.5) is 21.5 Å². The molecule has 1 heterocycles. The van der Waals surface area contributed by atoms with Gasteiger partial charge in [-0.3, -0.25) is 4.79 Å². The molecule has 3 aromatic rings. The van der Waals surface area contributed by atoms with E-state index in [2.05, 4.69) is 21.9 Å². The summed E-state index contributed by atoms with van der Waals surface area (Å²) >= 11 is 1.60. The maximum absolute atomic E-state index is 14.5. The van der Waals surface area contributed by atoms with E-state index in [1.165, 1.54) is 17.0 Å². The Hall–Kier alpha value is -2.54. The molecule has 5 nitrogen and oxygen atoms in total. The molecule has 2 N–H and O–H groups in total. The topological polar surface area (TPSA) is 59.0 Å². The highest BCUT2D eigenvalue weighted by molar-refractivity contribution is 8.00. The van der Waals surface area contributed by atoms with Crippen LogP contribution in [-0.2, 0) is 7.05 Å². The van der Waals surface area contributed by atoms with Crippen molar-refractivity contribution in [3.05, 3.63) is 57.9 Å². The van der Waals surface area contributed by atoms with Gasteiger partial charge in [0.15, 0.2) is 0 Å². The van der Waals surface area contributed by atoms with Crippen LogP contribution in [-0.4, -0.2) is 15.3 Å². The molecule has 0 radical (unpaired) electrons. The first-order valence-corrected chi connectivity index (χ1v) is 9.81. The summed E-state index contributed by atoms with van der Waals surface area (Å²) < 4.78 is 19.2. The van der Waals surface area contributed by atoms with Gasteiger partial charge in [-0.1, -0.05) is 18.9 Å². The number of rotatable bonds is 6. The maximum atomic E-state index is 14.5. The van der Waals surface area contributed by atoms with Gasteiger partial charge in [0, 0.05) is 24.2 Å². The average Bonchev–Trinajstić information content (AvgIpc) is 2.65. The molecule has 0 aliphatic heterocycles. The third-order valence-corrected chi connectivity index (χ3v) is 5.49. The van der Waals surface area contributed by atoms with Crippen LogP contribution in [0.2, 0.25) is 0 Å². The quantitative estimate of drug-likeness (QED) is 0.466. The molecule has 0 atom stereocenters. The lowest BCUT2D eigenvalue weighted by Crippen LogP contribution is -2.18. The first kappa shape index (κ1) is 19.2. The van der Waals surface area contributed by atoms with Gasteiger partial charge in [0.05, 0.1) is 22.9 Å². The van der Waals surface area contributed by atoms with Crippen LogP contribution in [0.15, 0.2) is 35.4 Å². The largest absolute Gasteiger partial charge is 0.353 e. The smallest absolute Gasteiger partial charge is 0.261 e. The number of hydrogen-bond acceptors (Lipinski definition) is 5. The van der Waals surface area contributed by atoms with Crippen molar-refractivity contribution in [1.29, 1.82) is 0 Å². The second kappa shape index (κ2) is 8.00. The Morgan fingerprint density at radius 3 is 2.63 bits per heavy atom. The third-order valence-electron chi connectivity index (χ3n) is 4.51. The maximum Gasteiger partial charge on any atom is 0.261 e. The Bertz CT molecular complexity index is 1050. The molecule has 1 aromatic heterocycles. The lowest BCUT2D eigenvalue weighted by Gasteiger charge is -2.17. The van der Waals surface area contributed by atoms with E-state index >= 15 is 0 Å². The van der Waals surface area contributed by atoms with Gasteiger partial charge in [-0.05, 0) is 55.7 Å². The van der Waals surface area contributed by atoms with Gasteiger partial charge in [-0.25, -0.2) is 9.37 Å². The number of nitrogens with one attached hydrogen (secondary N) is 2. The van der Waals surface area contributed by atoms with Crippen molar-refractivity contribution in [3.63, 3.8) is 0 Å². The zero-order valence-electron chi connectivity index (χ0n) is 15.9. The van der Waals surface area contributed by atoms with Crippen molar-refractivity contribution in [3.8, 4) is 0 Å². The predicted molar refractivity (Wildman–Crippen MR) is 113 cm³/mol. The molecule has 3 rings (SSSR count). The second-order valence-electron chi connectivity index (χ2n) is 6.46. The van der Waals surface area contributed by atoms with Crippen molar-refractivity contribution in [1.82, 2.24) is 9.55 Å². The first-order chi connectivity index (χ1) is 12.9. The Morgan fingerprint density at radius 1 is 1.15 bits per heavy atom. The van der Waals surface area contributed by atoms with E-state index in [-0.39, 0.29) is 11.4 Å². The number of fused-ring (bicyclic) bond motifs is 1. The van der Waals surface area contributed by atoms with Crippen molar-refractivity contribution in [2.24, 2.45) is 7.05 Å². The number of benzene rings is 2. The Labute approximate surface area is 162 Å². The van der Waals surface area contributed by atoms with Crippen LogP contribution in [0.3, 0.4) is 0 Å². The fraction of sp³-hybridized carbons (Fsp3) is 0.300. The van der Waals surface area contributed by atoms with Crippen LogP contribution in [0.1, 0.15) is 24.5 Å². The summed E-state index contributed by atoms with van der Waals surface area (Å²) in [6, 6.07) is 6.79. The van der Waals surface area contributed by atoms with Gasteiger partial charge in [0.2, 0.25) is 0 Å². The average molecular weight is 386 g/mol. The van der Waals surface area contributed by atoms with E-state index in [4.69, 9.17) is 0 Å². The van der Waals surface area contributed by atoms with Gasteiger partial charge in [-0.2, -0.15) is 0 Å². The minimum absolute atomic E-state index is 0.121. The van der Waals surface area contributed by atoms with Gasteiger partial charge in [-0.15, -0.1) is 0 Å². The van der Waals surface area contributed by atoms with E-state index in [0.717, 1.165) is 29.0 Å². The van der Waals surface area contributed by atoms with Crippen LogP contribution >= 0.6 is 11.9 Å². The van der Waals surface area contributed by atoms with Gasteiger partial charge < -0.3 is 14.6 Å². The fourth-order valence-electron chi connectivity index (χ4n) is 2.90. The molecular weight excluding hydrogens is 363 g/mol. The Morgan fingerprint density at radius 2 is 1.89 bits per heavy atom. The van der Waals surface area contributed by atoms with Gasteiger partial charge in [0.1, 0.15) is 5.82 Å². The summed E-state index contributed by atoms with van der Waals surface area (Å²) in [6.07, 6.45) is 2.56. The molecule has 0 saturated carbocycles. The summed E-state index contributed by atoms with van der Waals surface area (Å²) in [7, 11) is 1.67. The normalized spacial score (nSPS) is 11.0. The standard InChI is InChI=1S/C20H23FN4OS/c1-5-10-27-24-16-7-6-14(21)19(13(16)3)23-15-8-9-17-18(12(15)2)20(26)25(4)11-22-17/h6-9,11,23-24H,5,10H2,1-4H3. The van der Waals surface area contributed by atoms with Crippen LogP contribution in [0.5, 0.6) is 0 Å². The molecule has 0 amide bonds. The molecule has 0 aliphatic carbocycles. The molecule has 2 aromatic carbocycles. The van der Waals surface area contributed by atoms with E-state index in [1.807, 2.05) is 19.9 Å². The summed E-state index contributed by atoms with van der Waals surface area (Å²) in [5.41, 5.74) is 4.01. The van der Waals surface area contributed by atoms with Crippen LogP contribution in [0.25, 0.3) is 10.9 Å². The molecule has 0 spiro atoms. The molecule has 0 bridgehead atoms. The van der Waals surface area contributed by atoms with Crippen molar-refractivity contribution < 1.29 is 4.39 Å². The van der Waals surface area contributed by atoms with Crippen molar-refractivity contribution >= 4 is 39.9 Å². The lowest BCUT2D eigenvalue weighted by atomic mass is 10.1. The number of nitrogens with zero attached hydrogens (tertiary/aromatic N) is 2. The van der Waals surface area contributed by atoms with Gasteiger partial charge in [0.25, 0.3) is 5.56 Å². The van der Waals surface area contributed by atoms with E-state index in [1.54, 1.807) is 31.1 Å². The molecule has 27 heavy (non-hydrogen) atoms. The minimum Gasteiger partial charge on any atom is -0.353 e. The number of aryl methyl sites for hydroxylation is 2. The summed E-state index contributed by atoms with van der Waals surface area (Å²) in [4.78, 5) is 16.8. The van der Waals surface area contributed by atoms with Crippen molar-refractivity contribution in [2.75, 3.05) is 15.8 Å². The summed E-state index contributed by atoms with van der Waals surface area (Å²) in [6.45, 7) is 5.83. The monoisotopic (exact) mass is 386 g/mol. The highest BCUT2D eigenvalue weighted by Gasteiger charge is 2.14. The SMILES string of the molecule is CCCSNc1ccc(F)c(Nc2ccc3ncn(C)c(=O)c3c2C)c1C. The highest BCUT2D eigenvalue weighted by Crippen LogP contribution is 2.33. The Balaban J connectivity index is 2.02. The highest BCUT2D eigenvalue weighted by atomic mass is 32.2. The number of aromatic nitrogens is 2. The molecule has 7 heteroatoms. The van der Waals surface area contributed by atoms with E-state index < -0.39 is 0 Å². The summed E-state index contributed by atoms with van der Waals surface area (Å²) in [5.74, 6) is 0.636. The fourth-order valence-corrected chi connectivity index (χ4v) is 3.58. The zero-order chi connectivity index (χ0) is 19.6. The molecule has 0 unspecified atom stereocenters. The van der Waals surface area contributed by atoms with Crippen LogP contribution in [0, 0.1) is 19.7 Å². The minimum atomic E-state index is -0.336. The number of anilines is 3. The molecule has 142 valence electrons. The predicted octanol–water partition coefficient (Wildman–Crippen LogP) is 4.90. The molecule has 0 fully saturated rings. The third kappa shape index (κ3) is 3.78. The van der Waals surface area contributed by atoms with Crippen molar-refractivity contribution in [2.45, 2.75) is 27.2 Å². The van der Waals surface area contributed by atoms with E-state index in [0.29, 0.717) is 22.3 Å². The lowest BCUT2D eigenvalue weighted by molar-refractivity contribution is 0.631. The van der Waals surface area contributed by atoms with E-state index in [9.17, 15) is 9.18 Å². The summed E-state index contributed by atoms with van der Waals surface area (Å²) in [5, 5.41) is 3.72. The number of halogens is 1. The van der Waals surface area contributed by atoms with Gasteiger partial charge >= 0.3 is 0 Å². The number of hydrogen-bond donors (Lipinski definition) is 2. The first-order valence-electron chi connectivity index (χ1n) is 8.83.